The van der Waals surface area contributed by atoms with Crippen molar-refractivity contribution in [2.75, 3.05) is 44.3 Å². The molecule has 5 nitrogen and oxygen atoms in total. The fourth-order valence-corrected chi connectivity index (χ4v) is 3.05. The van der Waals surface area contributed by atoms with Crippen molar-refractivity contribution in [1.82, 2.24) is 14.9 Å². The van der Waals surface area contributed by atoms with Crippen molar-refractivity contribution in [1.29, 1.82) is 0 Å². The van der Waals surface area contributed by atoms with Gasteiger partial charge in [0.25, 0.3) is 0 Å². The second-order valence-electron chi connectivity index (χ2n) is 5.69. The molecule has 0 amide bonds. The number of ether oxygens (including phenoxy) is 1. The summed E-state index contributed by atoms with van der Waals surface area (Å²) < 4.78 is 44.0. The number of aromatic nitrogens is 2. The van der Waals surface area contributed by atoms with Crippen LogP contribution in [0.2, 0.25) is 0 Å². The molecule has 3 heterocycles. The van der Waals surface area contributed by atoms with Crippen molar-refractivity contribution in [2.24, 2.45) is 0 Å². The third kappa shape index (κ3) is 3.33. The fraction of sp³-hybridized carbons (Fsp3) is 0.714. The Morgan fingerprint density at radius 1 is 1.18 bits per heavy atom. The summed E-state index contributed by atoms with van der Waals surface area (Å²) in [6, 6.07) is 1.41. The lowest BCUT2D eigenvalue weighted by Gasteiger charge is -2.32. The summed E-state index contributed by atoms with van der Waals surface area (Å²) in [6.45, 7) is 6.13. The van der Waals surface area contributed by atoms with Gasteiger partial charge in [-0.2, -0.15) is 13.2 Å². The Hall–Kier alpha value is -1.41. The molecule has 1 aromatic rings. The maximum Gasteiger partial charge on any atom is 0.433 e. The molecule has 1 atom stereocenters. The zero-order valence-corrected chi connectivity index (χ0v) is 12.4. The molecular weight excluding hydrogens is 297 g/mol. The molecule has 1 unspecified atom stereocenters. The van der Waals surface area contributed by atoms with Gasteiger partial charge in [0.1, 0.15) is 17.3 Å². The summed E-state index contributed by atoms with van der Waals surface area (Å²) in [5, 5.41) is 0. The second kappa shape index (κ2) is 6.00. The summed E-state index contributed by atoms with van der Waals surface area (Å²) in [7, 11) is 0. The molecule has 2 aliphatic rings. The average molecular weight is 316 g/mol. The highest BCUT2D eigenvalue weighted by Gasteiger charge is 2.35. The molecular formula is C14H19F3N4O. The van der Waals surface area contributed by atoms with Crippen LogP contribution >= 0.6 is 0 Å². The fourth-order valence-electron chi connectivity index (χ4n) is 3.05. The van der Waals surface area contributed by atoms with Gasteiger partial charge in [-0.1, -0.05) is 0 Å². The van der Waals surface area contributed by atoms with Crippen molar-refractivity contribution < 1.29 is 17.9 Å². The number of morpholine rings is 1. The third-order valence-electron chi connectivity index (χ3n) is 4.16. The molecule has 0 saturated carbocycles. The Bertz CT molecular complexity index is 531. The van der Waals surface area contributed by atoms with Gasteiger partial charge in [-0.25, -0.2) is 9.97 Å². The van der Waals surface area contributed by atoms with E-state index >= 15 is 0 Å². The van der Waals surface area contributed by atoms with Crippen LogP contribution in [0, 0.1) is 6.92 Å². The Labute approximate surface area is 127 Å². The number of hydrogen-bond acceptors (Lipinski definition) is 5. The highest BCUT2D eigenvalue weighted by Crippen LogP contribution is 2.31. The molecule has 8 heteroatoms. The topological polar surface area (TPSA) is 41.5 Å². The first-order chi connectivity index (χ1) is 10.4. The van der Waals surface area contributed by atoms with Crippen LogP contribution < -0.4 is 4.90 Å². The lowest BCUT2D eigenvalue weighted by molar-refractivity contribution is -0.141. The second-order valence-corrected chi connectivity index (χ2v) is 5.69. The van der Waals surface area contributed by atoms with Crippen molar-refractivity contribution in [3.63, 3.8) is 0 Å². The van der Waals surface area contributed by atoms with Gasteiger partial charge in [0.2, 0.25) is 0 Å². The zero-order chi connectivity index (χ0) is 15.7. The number of alkyl halides is 3. The molecule has 122 valence electrons. The molecule has 0 radical (unpaired) electrons. The van der Waals surface area contributed by atoms with Crippen LogP contribution in [0.5, 0.6) is 0 Å². The summed E-state index contributed by atoms with van der Waals surface area (Å²) in [6.07, 6.45) is -3.50. The van der Waals surface area contributed by atoms with Gasteiger partial charge in [0.05, 0.1) is 13.2 Å². The largest absolute Gasteiger partial charge is 0.433 e. The van der Waals surface area contributed by atoms with E-state index < -0.39 is 11.9 Å². The number of nitrogens with zero attached hydrogens (tertiary/aromatic N) is 4. The lowest BCUT2D eigenvalue weighted by atomic mass is 10.2. The summed E-state index contributed by atoms with van der Waals surface area (Å²) in [4.78, 5) is 11.9. The van der Waals surface area contributed by atoms with E-state index in [4.69, 9.17) is 4.74 Å². The number of aryl methyl sites for hydroxylation is 1. The number of hydrogen-bond donors (Lipinski definition) is 0. The molecule has 2 fully saturated rings. The van der Waals surface area contributed by atoms with E-state index in [9.17, 15) is 13.2 Å². The quantitative estimate of drug-likeness (QED) is 0.831. The molecule has 0 N–H and O–H groups in total. The van der Waals surface area contributed by atoms with E-state index in [1.165, 1.54) is 6.92 Å². The molecule has 22 heavy (non-hydrogen) atoms. The first-order valence-corrected chi connectivity index (χ1v) is 7.43. The van der Waals surface area contributed by atoms with E-state index in [0.29, 0.717) is 18.4 Å². The standard InChI is InChI=1S/C14H19F3N4O/c1-10-18-12(14(15,16)17)8-13(19-10)21-3-2-11(9-21)20-4-6-22-7-5-20/h8,11H,2-7,9H2,1H3. The van der Waals surface area contributed by atoms with E-state index in [1.807, 2.05) is 4.90 Å². The molecule has 3 rings (SSSR count). The smallest absolute Gasteiger partial charge is 0.379 e. The van der Waals surface area contributed by atoms with Gasteiger partial charge in [0, 0.05) is 38.3 Å². The molecule has 2 saturated heterocycles. The Morgan fingerprint density at radius 3 is 2.59 bits per heavy atom. The van der Waals surface area contributed by atoms with Crippen LogP contribution in [0.15, 0.2) is 6.07 Å². The summed E-state index contributed by atoms with van der Waals surface area (Å²) in [5.41, 5.74) is -0.871. The number of halogens is 3. The van der Waals surface area contributed by atoms with Crippen LogP contribution in [0.25, 0.3) is 0 Å². The Morgan fingerprint density at radius 2 is 1.91 bits per heavy atom. The van der Waals surface area contributed by atoms with E-state index in [-0.39, 0.29) is 5.82 Å². The maximum absolute atomic E-state index is 12.9. The SMILES string of the molecule is Cc1nc(N2CCC(N3CCOCC3)C2)cc(C(F)(F)F)n1. The molecule has 2 aliphatic heterocycles. The monoisotopic (exact) mass is 316 g/mol. The van der Waals surface area contributed by atoms with Gasteiger partial charge in [-0.3, -0.25) is 4.90 Å². The lowest BCUT2D eigenvalue weighted by Crippen LogP contribution is -2.44. The summed E-state index contributed by atoms with van der Waals surface area (Å²) in [5.74, 6) is 0.523. The molecule has 0 aromatic carbocycles. The average Bonchev–Trinajstić information content (AvgIpc) is 2.96. The third-order valence-corrected chi connectivity index (χ3v) is 4.16. The van der Waals surface area contributed by atoms with Gasteiger partial charge >= 0.3 is 6.18 Å². The normalized spacial score (nSPS) is 24.0. The molecule has 0 aliphatic carbocycles. The van der Waals surface area contributed by atoms with Crippen molar-refractivity contribution in [3.05, 3.63) is 17.6 Å². The maximum atomic E-state index is 12.9. The van der Waals surface area contributed by atoms with Crippen molar-refractivity contribution in [2.45, 2.75) is 25.6 Å². The Kier molecular flexibility index (Phi) is 4.22. The number of rotatable bonds is 2. The van der Waals surface area contributed by atoms with Crippen LogP contribution in [0.4, 0.5) is 19.0 Å². The van der Waals surface area contributed by atoms with Crippen LogP contribution in [0.1, 0.15) is 17.9 Å². The highest BCUT2D eigenvalue weighted by atomic mass is 19.4. The van der Waals surface area contributed by atoms with Crippen LogP contribution in [-0.4, -0.2) is 60.3 Å². The van der Waals surface area contributed by atoms with E-state index in [0.717, 1.165) is 45.3 Å². The predicted molar refractivity (Wildman–Crippen MR) is 74.8 cm³/mol. The van der Waals surface area contributed by atoms with Crippen LogP contribution in [-0.2, 0) is 10.9 Å². The molecule has 0 bridgehead atoms. The molecule has 0 spiro atoms. The highest BCUT2D eigenvalue weighted by molar-refractivity contribution is 5.42. The van der Waals surface area contributed by atoms with Crippen LogP contribution in [0.3, 0.4) is 0 Å². The summed E-state index contributed by atoms with van der Waals surface area (Å²) >= 11 is 0. The number of anilines is 1. The minimum absolute atomic E-state index is 0.152. The van der Waals surface area contributed by atoms with Crippen molar-refractivity contribution >= 4 is 5.82 Å². The van der Waals surface area contributed by atoms with Gasteiger partial charge in [-0.05, 0) is 13.3 Å². The van der Waals surface area contributed by atoms with Gasteiger partial charge in [0.15, 0.2) is 0 Å². The first kappa shape index (κ1) is 15.5. The minimum atomic E-state index is -4.44. The predicted octanol–water partition coefficient (Wildman–Crippen LogP) is 1.71. The minimum Gasteiger partial charge on any atom is -0.379 e. The first-order valence-electron chi connectivity index (χ1n) is 7.43. The van der Waals surface area contributed by atoms with Gasteiger partial charge in [-0.15, -0.1) is 0 Å². The van der Waals surface area contributed by atoms with Gasteiger partial charge < -0.3 is 9.64 Å². The van der Waals surface area contributed by atoms with E-state index in [1.54, 1.807) is 0 Å². The zero-order valence-electron chi connectivity index (χ0n) is 12.4. The Balaban J connectivity index is 1.73. The van der Waals surface area contributed by atoms with Crippen molar-refractivity contribution in [3.8, 4) is 0 Å². The molecule has 1 aromatic heterocycles. The van der Waals surface area contributed by atoms with E-state index in [2.05, 4.69) is 14.9 Å².